The highest BCUT2D eigenvalue weighted by Gasteiger charge is 2.16. The highest BCUT2D eigenvalue weighted by atomic mass is 35.5. The van der Waals surface area contributed by atoms with Crippen LogP contribution in [0, 0.1) is 12.7 Å². The first kappa shape index (κ1) is 14.2. The molecule has 4 heteroatoms. The van der Waals surface area contributed by atoms with Crippen molar-refractivity contribution in [3.05, 3.63) is 63.9 Å². The van der Waals surface area contributed by atoms with Gasteiger partial charge in [0.1, 0.15) is 11.6 Å². The fourth-order valence-electron chi connectivity index (χ4n) is 1.95. The number of halogens is 3. The van der Waals surface area contributed by atoms with Crippen molar-refractivity contribution in [3.8, 4) is 5.75 Å². The van der Waals surface area contributed by atoms with Crippen LogP contribution in [0.25, 0.3) is 0 Å². The van der Waals surface area contributed by atoms with Gasteiger partial charge in [-0.15, -0.1) is 11.6 Å². The maximum absolute atomic E-state index is 13.8. The topological polar surface area (TPSA) is 9.23 Å². The lowest BCUT2D eigenvalue weighted by molar-refractivity contribution is 0.411. The Morgan fingerprint density at radius 1 is 1.16 bits per heavy atom. The molecule has 1 nitrogen and oxygen atoms in total. The first-order chi connectivity index (χ1) is 9.02. The minimum Gasteiger partial charge on any atom is -0.496 e. The van der Waals surface area contributed by atoms with Crippen molar-refractivity contribution in [2.75, 3.05) is 7.11 Å². The zero-order valence-corrected chi connectivity index (χ0v) is 12.1. The van der Waals surface area contributed by atoms with Crippen molar-refractivity contribution in [2.24, 2.45) is 0 Å². The molecule has 2 rings (SSSR count). The third-order valence-corrected chi connectivity index (χ3v) is 3.67. The van der Waals surface area contributed by atoms with Crippen LogP contribution in [-0.2, 0) is 0 Å². The van der Waals surface area contributed by atoms with Crippen molar-refractivity contribution < 1.29 is 9.13 Å². The molecule has 0 heterocycles. The zero-order chi connectivity index (χ0) is 14.0. The summed E-state index contributed by atoms with van der Waals surface area (Å²) < 4.78 is 19.0. The van der Waals surface area contributed by atoms with Gasteiger partial charge in [0.2, 0.25) is 0 Å². The normalized spacial score (nSPS) is 12.3. The predicted octanol–water partition coefficient (Wildman–Crippen LogP) is 5.12. The molecule has 0 aliphatic carbocycles. The van der Waals surface area contributed by atoms with E-state index in [1.807, 2.05) is 25.1 Å². The van der Waals surface area contributed by atoms with E-state index in [0.29, 0.717) is 10.6 Å². The van der Waals surface area contributed by atoms with Gasteiger partial charge < -0.3 is 4.74 Å². The molecule has 100 valence electrons. The van der Waals surface area contributed by atoms with E-state index in [-0.39, 0.29) is 0 Å². The van der Waals surface area contributed by atoms with Gasteiger partial charge in [-0.3, -0.25) is 0 Å². The predicted molar refractivity (Wildman–Crippen MR) is 76.8 cm³/mol. The Morgan fingerprint density at radius 3 is 2.47 bits per heavy atom. The molecule has 0 fully saturated rings. The monoisotopic (exact) mass is 298 g/mol. The Bertz CT molecular complexity index is 599. The second kappa shape index (κ2) is 5.81. The molecule has 0 N–H and O–H groups in total. The lowest BCUT2D eigenvalue weighted by Crippen LogP contribution is -1.98. The van der Waals surface area contributed by atoms with Gasteiger partial charge in [-0.25, -0.2) is 4.39 Å². The molecule has 2 aromatic carbocycles. The molecule has 2 aromatic rings. The van der Waals surface area contributed by atoms with E-state index in [4.69, 9.17) is 27.9 Å². The van der Waals surface area contributed by atoms with Crippen LogP contribution in [0.4, 0.5) is 4.39 Å². The molecule has 0 saturated carbocycles. The highest BCUT2D eigenvalue weighted by molar-refractivity contribution is 6.30. The van der Waals surface area contributed by atoms with E-state index < -0.39 is 11.2 Å². The van der Waals surface area contributed by atoms with Gasteiger partial charge in [-0.05, 0) is 36.2 Å². The van der Waals surface area contributed by atoms with Crippen LogP contribution >= 0.6 is 23.2 Å². The summed E-state index contributed by atoms with van der Waals surface area (Å²) in [5.41, 5.74) is 2.19. The van der Waals surface area contributed by atoms with Crippen LogP contribution in [0.5, 0.6) is 5.75 Å². The van der Waals surface area contributed by atoms with Crippen LogP contribution in [0.2, 0.25) is 5.02 Å². The van der Waals surface area contributed by atoms with Crippen LogP contribution < -0.4 is 4.74 Å². The summed E-state index contributed by atoms with van der Waals surface area (Å²) >= 11 is 12.1. The van der Waals surface area contributed by atoms with E-state index in [0.717, 1.165) is 16.9 Å². The average molecular weight is 299 g/mol. The lowest BCUT2D eigenvalue weighted by Gasteiger charge is -2.14. The number of rotatable bonds is 3. The first-order valence-corrected chi connectivity index (χ1v) is 6.58. The summed E-state index contributed by atoms with van der Waals surface area (Å²) in [5, 5.41) is -0.196. The number of hydrogen-bond acceptors (Lipinski definition) is 1. The Balaban J connectivity index is 2.38. The Kier molecular flexibility index (Phi) is 4.33. The maximum atomic E-state index is 13.8. The summed E-state index contributed by atoms with van der Waals surface area (Å²) in [6, 6.07) is 10.1. The molecule has 0 amide bonds. The molecule has 0 bridgehead atoms. The lowest BCUT2D eigenvalue weighted by atomic mass is 10.0. The molecular weight excluding hydrogens is 286 g/mol. The molecule has 0 radical (unpaired) electrons. The van der Waals surface area contributed by atoms with E-state index in [1.165, 1.54) is 6.07 Å². The molecule has 0 spiro atoms. The fraction of sp³-hybridized carbons (Fsp3) is 0.200. The van der Waals surface area contributed by atoms with Crippen molar-refractivity contribution >= 4 is 23.2 Å². The minimum atomic E-state index is -0.554. The summed E-state index contributed by atoms with van der Waals surface area (Å²) in [5.74, 6) is 0.380. The quantitative estimate of drug-likeness (QED) is 0.714. The van der Waals surface area contributed by atoms with Crippen molar-refractivity contribution in [3.63, 3.8) is 0 Å². The van der Waals surface area contributed by atoms with Crippen LogP contribution in [-0.4, -0.2) is 7.11 Å². The fourth-order valence-corrected chi connectivity index (χ4v) is 2.42. The average Bonchev–Trinajstić information content (AvgIpc) is 2.38. The first-order valence-electron chi connectivity index (χ1n) is 5.76. The molecule has 19 heavy (non-hydrogen) atoms. The summed E-state index contributed by atoms with van der Waals surface area (Å²) in [6.45, 7) is 1.92. The third-order valence-electron chi connectivity index (χ3n) is 2.95. The smallest absolute Gasteiger partial charge is 0.129 e. The van der Waals surface area contributed by atoms with Crippen LogP contribution in [0.1, 0.15) is 22.1 Å². The molecule has 1 atom stereocenters. The molecule has 0 saturated heterocycles. The number of hydrogen-bond donors (Lipinski definition) is 0. The van der Waals surface area contributed by atoms with E-state index >= 15 is 0 Å². The Hall–Kier alpha value is -1.25. The van der Waals surface area contributed by atoms with Crippen molar-refractivity contribution in [2.45, 2.75) is 12.3 Å². The van der Waals surface area contributed by atoms with E-state index in [1.54, 1.807) is 19.2 Å². The number of aryl methyl sites for hydroxylation is 1. The van der Waals surface area contributed by atoms with Gasteiger partial charge in [0.25, 0.3) is 0 Å². The second-order valence-electron chi connectivity index (χ2n) is 4.26. The number of benzene rings is 2. The minimum absolute atomic E-state index is 0.357. The number of ether oxygens (including phenoxy) is 1. The van der Waals surface area contributed by atoms with E-state index in [2.05, 4.69) is 0 Å². The van der Waals surface area contributed by atoms with Crippen LogP contribution in [0.15, 0.2) is 36.4 Å². The zero-order valence-electron chi connectivity index (χ0n) is 10.6. The van der Waals surface area contributed by atoms with Crippen LogP contribution in [0.3, 0.4) is 0 Å². The largest absolute Gasteiger partial charge is 0.496 e. The molecule has 1 unspecified atom stereocenters. The summed E-state index contributed by atoms with van der Waals surface area (Å²) in [4.78, 5) is 0. The SMILES string of the molecule is COc1ccc(C(Cl)c2ccc(Cl)cc2F)cc1C. The van der Waals surface area contributed by atoms with E-state index in [9.17, 15) is 4.39 Å². The van der Waals surface area contributed by atoms with Gasteiger partial charge in [0.15, 0.2) is 0 Å². The Labute approximate surface area is 121 Å². The third kappa shape index (κ3) is 3.02. The number of alkyl halides is 1. The maximum Gasteiger partial charge on any atom is 0.129 e. The van der Waals surface area contributed by atoms with Gasteiger partial charge in [-0.1, -0.05) is 29.8 Å². The summed E-state index contributed by atoms with van der Waals surface area (Å²) in [7, 11) is 1.61. The molecule has 0 aliphatic heterocycles. The van der Waals surface area contributed by atoms with Gasteiger partial charge in [0, 0.05) is 10.6 Å². The van der Waals surface area contributed by atoms with Gasteiger partial charge in [0.05, 0.1) is 12.5 Å². The van der Waals surface area contributed by atoms with Crippen molar-refractivity contribution in [1.29, 1.82) is 0 Å². The van der Waals surface area contributed by atoms with Gasteiger partial charge in [-0.2, -0.15) is 0 Å². The molecule has 0 aliphatic rings. The number of methoxy groups -OCH3 is 1. The highest BCUT2D eigenvalue weighted by Crippen LogP contribution is 2.33. The van der Waals surface area contributed by atoms with Crippen molar-refractivity contribution in [1.82, 2.24) is 0 Å². The second-order valence-corrected chi connectivity index (χ2v) is 5.13. The summed E-state index contributed by atoms with van der Waals surface area (Å²) in [6.07, 6.45) is 0. The Morgan fingerprint density at radius 2 is 1.89 bits per heavy atom. The molecular formula is C15H13Cl2FO. The standard InChI is InChI=1S/C15H13Cl2FO/c1-9-7-10(3-6-14(9)19-2)15(17)12-5-4-11(16)8-13(12)18/h3-8,15H,1-2H3. The van der Waals surface area contributed by atoms with Gasteiger partial charge >= 0.3 is 0 Å². The molecule has 0 aromatic heterocycles.